The molecule has 1 atom stereocenters. The summed E-state index contributed by atoms with van der Waals surface area (Å²) in [5, 5.41) is 3.12. The van der Waals surface area contributed by atoms with Gasteiger partial charge in [-0.15, -0.1) is 0 Å². The number of benzene rings is 1. The van der Waals surface area contributed by atoms with Crippen molar-refractivity contribution in [1.82, 2.24) is 14.5 Å². The van der Waals surface area contributed by atoms with E-state index in [1.807, 2.05) is 0 Å². The number of halogens is 3. The fourth-order valence-electron chi connectivity index (χ4n) is 4.13. The highest BCUT2D eigenvalue weighted by atomic mass is 35.5. The van der Waals surface area contributed by atoms with Crippen molar-refractivity contribution in [2.24, 2.45) is 0 Å². The standard InChI is InChI=1S/C28H35ClF2N4O3Si/c1-28(2,3)39(4,5)38-24(18-6-7-21(29)22(30)16-18)17-35-13-9-20(25(31)26(35)36)23-8-12-32-27(34-23)33-19-10-14-37-15-11-19/h6-9,12-13,16,19,24H,10-11,14-15,17H2,1-5H3,(H,32,33,34)/t24-/m0/s1. The Morgan fingerprint density at radius 2 is 1.92 bits per heavy atom. The summed E-state index contributed by atoms with van der Waals surface area (Å²) in [4.78, 5) is 21.9. The summed E-state index contributed by atoms with van der Waals surface area (Å²) >= 11 is 5.91. The summed E-state index contributed by atoms with van der Waals surface area (Å²) < 4.78 is 43.1. The average Bonchev–Trinajstić information content (AvgIpc) is 2.88. The van der Waals surface area contributed by atoms with Crippen LogP contribution in [0.2, 0.25) is 23.2 Å². The average molecular weight is 577 g/mol. The summed E-state index contributed by atoms with van der Waals surface area (Å²) in [5.41, 5.74) is 0.0873. The van der Waals surface area contributed by atoms with Gasteiger partial charge in [0, 0.05) is 37.2 Å². The molecule has 0 unspecified atom stereocenters. The van der Waals surface area contributed by atoms with Crippen molar-refractivity contribution in [2.45, 2.75) is 70.4 Å². The van der Waals surface area contributed by atoms with E-state index in [1.54, 1.807) is 12.1 Å². The van der Waals surface area contributed by atoms with Crippen LogP contribution < -0.4 is 10.9 Å². The molecule has 7 nitrogen and oxygen atoms in total. The summed E-state index contributed by atoms with van der Waals surface area (Å²) in [6, 6.07) is 7.70. The topological polar surface area (TPSA) is 78.3 Å². The van der Waals surface area contributed by atoms with Gasteiger partial charge >= 0.3 is 0 Å². The van der Waals surface area contributed by atoms with Gasteiger partial charge in [-0.3, -0.25) is 4.79 Å². The van der Waals surface area contributed by atoms with Gasteiger partial charge in [-0.2, -0.15) is 0 Å². The second-order valence-electron chi connectivity index (χ2n) is 11.3. The third-order valence-corrected chi connectivity index (χ3v) is 12.3. The van der Waals surface area contributed by atoms with E-state index in [0.29, 0.717) is 30.4 Å². The van der Waals surface area contributed by atoms with Gasteiger partial charge in [0.15, 0.2) is 14.1 Å². The largest absolute Gasteiger partial charge is 0.408 e. The molecule has 0 radical (unpaired) electrons. The van der Waals surface area contributed by atoms with Crippen LogP contribution in [0, 0.1) is 11.6 Å². The van der Waals surface area contributed by atoms with E-state index in [1.165, 1.54) is 35.2 Å². The summed E-state index contributed by atoms with van der Waals surface area (Å²) in [6.45, 7) is 11.7. The van der Waals surface area contributed by atoms with Crippen LogP contribution >= 0.6 is 11.6 Å². The van der Waals surface area contributed by atoms with Crippen LogP contribution in [0.25, 0.3) is 11.3 Å². The smallest absolute Gasteiger partial charge is 0.287 e. The number of hydrogen-bond acceptors (Lipinski definition) is 6. The van der Waals surface area contributed by atoms with E-state index in [0.717, 1.165) is 12.8 Å². The van der Waals surface area contributed by atoms with Crippen molar-refractivity contribution in [3.05, 3.63) is 75.3 Å². The van der Waals surface area contributed by atoms with E-state index in [4.69, 9.17) is 20.8 Å². The Morgan fingerprint density at radius 1 is 1.21 bits per heavy atom. The Balaban J connectivity index is 1.63. The number of hydrogen-bond donors (Lipinski definition) is 1. The maximum absolute atomic E-state index is 15.5. The maximum atomic E-state index is 15.5. The van der Waals surface area contributed by atoms with Crippen LogP contribution in [0.5, 0.6) is 0 Å². The quantitative estimate of drug-likeness (QED) is 0.305. The maximum Gasteiger partial charge on any atom is 0.287 e. The number of nitrogens with zero attached hydrogens (tertiary/aromatic N) is 3. The Morgan fingerprint density at radius 3 is 2.59 bits per heavy atom. The van der Waals surface area contributed by atoms with Crippen LogP contribution in [0.15, 0.2) is 47.5 Å². The second-order valence-corrected chi connectivity index (χ2v) is 16.5. The Kier molecular flexibility index (Phi) is 8.90. The molecule has 1 aromatic carbocycles. The van der Waals surface area contributed by atoms with Gasteiger partial charge in [-0.05, 0) is 60.8 Å². The van der Waals surface area contributed by atoms with Crippen molar-refractivity contribution in [2.75, 3.05) is 18.5 Å². The van der Waals surface area contributed by atoms with E-state index in [-0.39, 0.29) is 28.2 Å². The second kappa shape index (κ2) is 11.8. The molecule has 0 saturated carbocycles. The molecule has 0 amide bonds. The van der Waals surface area contributed by atoms with Crippen molar-refractivity contribution >= 4 is 25.9 Å². The monoisotopic (exact) mass is 576 g/mol. The first kappa shape index (κ1) is 29.3. The predicted octanol–water partition coefficient (Wildman–Crippen LogP) is 6.59. The lowest BCUT2D eigenvalue weighted by Gasteiger charge is -2.39. The Labute approximate surface area is 233 Å². The lowest BCUT2D eigenvalue weighted by molar-refractivity contribution is 0.0903. The lowest BCUT2D eigenvalue weighted by Crippen LogP contribution is -2.43. The molecule has 1 aliphatic rings. The van der Waals surface area contributed by atoms with Crippen LogP contribution in [-0.2, 0) is 15.7 Å². The summed E-state index contributed by atoms with van der Waals surface area (Å²) in [6.07, 6.45) is 4.02. The van der Waals surface area contributed by atoms with Crippen molar-refractivity contribution < 1.29 is 17.9 Å². The zero-order chi connectivity index (χ0) is 28.4. The van der Waals surface area contributed by atoms with Crippen molar-refractivity contribution in [3.8, 4) is 11.3 Å². The first-order valence-corrected chi connectivity index (χ1v) is 16.3. The van der Waals surface area contributed by atoms with Crippen LogP contribution in [0.1, 0.15) is 45.3 Å². The molecule has 0 bridgehead atoms. The van der Waals surface area contributed by atoms with Crippen LogP contribution in [0.3, 0.4) is 0 Å². The number of pyridine rings is 1. The number of anilines is 1. The zero-order valence-corrected chi connectivity index (χ0v) is 24.7. The predicted molar refractivity (Wildman–Crippen MR) is 152 cm³/mol. The highest BCUT2D eigenvalue weighted by molar-refractivity contribution is 6.74. The molecule has 1 aliphatic heterocycles. The molecule has 4 rings (SSSR count). The summed E-state index contributed by atoms with van der Waals surface area (Å²) in [5.74, 6) is -1.14. The van der Waals surface area contributed by atoms with Gasteiger partial charge < -0.3 is 19.0 Å². The molecule has 0 aliphatic carbocycles. The highest BCUT2D eigenvalue weighted by Crippen LogP contribution is 2.40. The van der Waals surface area contributed by atoms with E-state index in [9.17, 15) is 9.18 Å². The SMILES string of the molecule is CC(C)(C)[Si](C)(C)O[C@@H](Cn1ccc(-c2ccnc(NC3CCOCC3)n2)c(F)c1=O)c1ccc(Cl)c(F)c1. The molecular weight excluding hydrogens is 542 g/mol. The lowest BCUT2D eigenvalue weighted by atomic mass is 10.1. The molecule has 11 heteroatoms. The van der Waals surface area contributed by atoms with Crippen LogP contribution in [-0.4, -0.2) is 42.1 Å². The summed E-state index contributed by atoms with van der Waals surface area (Å²) in [7, 11) is -2.35. The van der Waals surface area contributed by atoms with Gasteiger partial charge in [-0.25, -0.2) is 18.7 Å². The Bertz CT molecular complexity index is 1370. The van der Waals surface area contributed by atoms with Crippen LogP contribution in [0.4, 0.5) is 14.7 Å². The first-order valence-electron chi connectivity index (χ1n) is 13.0. The zero-order valence-electron chi connectivity index (χ0n) is 22.9. The Hall–Kier alpha value is -2.66. The minimum Gasteiger partial charge on any atom is -0.408 e. The molecule has 1 fully saturated rings. The minimum absolute atomic E-state index is 0.00391. The van der Waals surface area contributed by atoms with Crippen molar-refractivity contribution in [1.29, 1.82) is 0 Å². The molecule has 3 heterocycles. The molecule has 39 heavy (non-hydrogen) atoms. The van der Waals surface area contributed by atoms with Gasteiger partial charge in [-0.1, -0.05) is 38.4 Å². The van der Waals surface area contributed by atoms with E-state index >= 15 is 4.39 Å². The number of rotatable bonds is 8. The fourth-order valence-corrected chi connectivity index (χ4v) is 5.52. The number of aromatic nitrogens is 3. The fraction of sp³-hybridized carbons (Fsp3) is 0.464. The molecule has 3 aromatic rings. The van der Waals surface area contributed by atoms with Gasteiger partial charge in [0.1, 0.15) is 5.82 Å². The van der Waals surface area contributed by atoms with Gasteiger partial charge in [0.25, 0.3) is 5.56 Å². The molecule has 210 valence electrons. The number of ether oxygens (including phenoxy) is 1. The molecule has 1 saturated heterocycles. The molecule has 0 spiro atoms. The molecule has 2 aromatic heterocycles. The van der Waals surface area contributed by atoms with Crippen molar-refractivity contribution in [3.63, 3.8) is 0 Å². The molecule has 1 N–H and O–H groups in total. The molecular formula is C28H35ClF2N4O3Si. The van der Waals surface area contributed by atoms with E-state index < -0.39 is 31.6 Å². The highest BCUT2D eigenvalue weighted by Gasteiger charge is 2.39. The number of nitrogens with one attached hydrogen (secondary N) is 1. The van der Waals surface area contributed by atoms with Gasteiger partial charge in [0.05, 0.1) is 23.4 Å². The minimum atomic E-state index is -2.35. The first-order chi connectivity index (χ1) is 18.4. The van der Waals surface area contributed by atoms with E-state index in [2.05, 4.69) is 49.1 Å². The van der Waals surface area contributed by atoms with Gasteiger partial charge in [0.2, 0.25) is 5.95 Å². The third kappa shape index (κ3) is 6.92. The normalized spacial score (nSPS) is 15.8. The third-order valence-electron chi connectivity index (χ3n) is 7.51.